The molecule has 1 aromatic carbocycles. The Kier molecular flexibility index (Phi) is 5.35. The molecule has 2 bridgehead atoms. The molecule has 0 aromatic heterocycles. The van der Waals surface area contributed by atoms with Crippen molar-refractivity contribution >= 4 is 11.5 Å². The van der Waals surface area contributed by atoms with Crippen LogP contribution >= 0.6 is 0 Å². The number of nitrogens with zero attached hydrogens (tertiary/aromatic N) is 1. The van der Waals surface area contributed by atoms with E-state index >= 15 is 0 Å². The van der Waals surface area contributed by atoms with Gasteiger partial charge in [0.15, 0.2) is 0 Å². The van der Waals surface area contributed by atoms with Gasteiger partial charge in [0.1, 0.15) is 0 Å². The van der Waals surface area contributed by atoms with Crippen LogP contribution in [0, 0.1) is 17.8 Å². The average Bonchev–Trinajstić information content (AvgIpc) is 3.48. The highest BCUT2D eigenvalue weighted by Gasteiger charge is 2.43. The predicted octanol–water partition coefficient (Wildman–Crippen LogP) is 5.18. The first kappa shape index (κ1) is 20.1. The van der Waals surface area contributed by atoms with E-state index in [1.54, 1.807) is 0 Å². The Labute approximate surface area is 183 Å². The molecule has 3 unspecified atom stereocenters. The molecule has 3 atom stereocenters. The van der Waals surface area contributed by atoms with Gasteiger partial charge in [0.2, 0.25) is 0 Å². The molecule has 3 nitrogen and oxygen atoms in total. The van der Waals surface area contributed by atoms with Crippen molar-refractivity contribution in [3.8, 4) is 0 Å². The third kappa shape index (κ3) is 3.45. The lowest BCUT2D eigenvalue weighted by molar-refractivity contribution is -0.116. The van der Waals surface area contributed by atoms with E-state index in [1.165, 1.54) is 24.9 Å². The number of piperidine rings is 1. The minimum absolute atomic E-state index is 0. The lowest BCUT2D eigenvalue weighted by Crippen LogP contribution is -2.43. The lowest BCUT2D eigenvalue weighted by Gasteiger charge is -2.40. The van der Waals surface area contributed by atoms with Crippen molar-refractivity contribution in [3.63, 3.8) is 0 Å². The van der Waals surface area contributed by atoms with Gasteiger partial charge in [-0.1, -0.05) is 56.3 Å². The van der Waals surface area contributed by atoms with E-state index in [2.05, 4.69) is 66.6 Å². The summed E-state index contributed by atoms with van der Waals surface area (Å²) in [4.78, 5) is 15.8. The summed E-state index contributed by atoms with van der Waals surface area (Å²) in [6.07, 6.45) is 14.3. The topological polar surface area (TPSA) is 32.3 Å². The molecule has 162 valence electrons. The molecule has 5 rings (SSSR count). The molecule has 2 fully saturated rings. The first-order valence-electron chi connectivity index (χ1n) is 12.2. The second kappa shape index (κ2) is 8.00. The summed E-state index contributed by atoms with van der Waals surface area (Å²) < 4.78 is 0. The normalized spacial score (nSPS) is 28.9. The first-order valence-corrected chi connectivity index (χ1v) is 12.2. The quantitative estimate of drug-likeness (QED) is 0.660. The molecule has 4 aliphatic rings. The molecule has 1 N–H and O–H groups in total. The summed E-state index contributed by atoms with van der Waals surface area (Å²) in [6, 6.07) is 8.90. The molecule has 3 heteroatoms. The molecule has 1 saturated heterocycles. The smallest absolute Gasteiger partial charge is 0.251 e. The van der Waals surface area contributed by atoms with Crippen molar-refractivity contribution in [2.24, 2.45) is 17.8 Å². The van der Waals surface area contributed by atoms with E-state index in [0.29, 0.717) is 0 Å². The minimum Gasteiger partial charge on any atom is -0.349 e. The van der Waals surface area contributed by atoms with E-state index < -0.39 is 0 Å². The summed E-state index contributed by atoms with van der Waals surface area (Å²) in [6.45, 7) is 7.84. The Morgan fingerprint density at radius 1 is 1.17 bits per heavy atom. The van der Waals surface area contributed by atoms with Crippen LogP contribution in [0.1, 0.15) is 64.9 Å². The fraction of sp³-hybridized carbons (Fsp3) is 0.593. The molecule has 3 aliphatic carbocycles. The Morgan fingerprint density at radius 3 is 2.60 bits per heavy atom. The molecule has 1 spiro atoms. The fourth-order valence-corrected chi connectivity index (χ4v) is 6.51. The third-order valence-electron chi connectivity index (χ3n) is 8.40. The van der Waals surface area contributed by atoms with Crippen molar-refractivity contribution < 1.29 is 6.22 Å². The summed E-state index contributed by atoms with van der Waals surface area (Å²) >= 11 is 0. The van der Waals surface area contributed by atoms with Crippen molar-refractivity contribution in [2.75, 3.05) is 19.6 Å². The molecule has 1 amide bonds. The number of likely N-dealkylation sites (tertiary alicyclic amines) is 1. The Bertz CT molecular complexity index is 864. The van der Waals surface area contributed by atoms with E-state index in [9.17, 15) is 4.79 Å². The van der Waals surface area contributed by atoms with Gasteiger partial charge in [0.25, 0.3) is 5.91 Å². The van der Waals surface area contributed by atoms with Crippen molar-refractivity contribution in [1.82, 2.24) is 10.2 Å². The molecular formula is C27H38N2O. The number of nitrogens with one attached hydrogen (secondary N) is 1. The van der Waals surface area contributed by atoms with Crippen molar-refractivity contribution in [3.05, 3.63) is 53.6 Å². The van der Waals surface area contributed by atoms with E-state index in [-0.39, 0.29) is 18.8 Å². The monoisotopic (exact) mass is 406 g/mol. The molecule has 1 saturated carbocycles. The number of fused-ring (bicyclic) bond motifs is 4. The van der Waals surface area contributed by atoms with Gasteiger partial charge in [0.05, 0.1) is 0 Å². The van der Waals surface area contributed by atoms with Crippen molar-refractivity contribution in [2.45, 2.75) is 63.8 Å². The molecular weight excluding hydrogens is 368 g/mol. The van der Waals surface area contributed by atoms with Gasteiger partial charge in [-0.2, -0.15) is 0 Å². The molecule has 1 aromatic rings. The Morgan fingerprint density at radius 2 is 1.93 bits per heavy atom. The highest BCUT2D eigenvalue weighted by atomic mass is 16.1. The number of carbonyl (C=O) groups excluding carboxylic acids is 1. The van der Waals surface area contributed by atoms with Crippen LogP contribution in [0.15, 0.2) is 42.5 Å². The number of allylic oxidation sites excluding steroid dienone is 3. The molecule has 1 heterocycles. The van der Waals surface area contributed by atoms with Crippen LogP contribution in [0.2, 0.25) is 0 Å². The minimum atomic E-state index is 0. The molecule has 30 heavy (non-hydrogen) atoms. The van der Waals surface area contributed by atoms with E-state index in [4.69, 9.17) is 0 Å². The summed E-state index contributed by atoms with van der Waals surface area (Å²) in [7, 11) is 0. The number of benzene rings is 1. The summed E-state index contributed by atoms with van der Waals surface area (Å²) in [5.74, 6) is 2.67. The second-order valence-corrected chi connectivity index (χ2v) is 10.1. The second-order valence-electron chi connectivity index (χ2n) is 10.1. The van der Waals surface area contributed by atoms with Crippen LogP contribution in [0.25, 0.3) is 5.57 Å². The molecule has 0 radical (unpaired) electrons. The Balaban J connectivity index is 0.00000231. The number of rotatable bonds is 6. The SMILES string of the molecule is CCC(CC)NC(=O)C1=CC2(CCN(CC3CC4C=CC3C4)CC2)c2ccccc21.[HH]. The van der Waals surface area contributed by atoms with Gasteiger partial charge in [-0.25, -0.2) is 0 Å². The average molecular weight is 407 g/mol. The van der Waals surface area contributed by atoms with E-state index in [1.807, 2.05) is 0 Å². The fourth-order valence-electron chi connectivity index (χ4n) is 6.51. The number of hydrogen-bond acceptors (Lipinski definition) is 2. The van der Waals surface area contributed by atoms with Crippen LogP contribution in [0.4, 0.5) is 0 Å². The Hall–Kier alpha value is -1.87. The zero-order valence-corrected chi connectivity index (χ0v) is 18.6. The summed E-state index contributed by atoms with van der Waals surface area (Å²) in [5.41, 5.74) is 3.49. The zero-order chi connectivity index (χ0) is 20.7. The van der Waals surface area contributed by atoms with E-state index in [0.717, 1.165) is 67.7 Å². The van der Waals surface area contributed by atoms with Gasteiger partial charge >= 0.3 is 0 Å². The van der Waals surface area contributed by atoms with Gasteiger partial charge in [-0.3, -0.25) is 4.79 Å². The number of amides is 1. The van der Waals surface area contributed by atoms with Gasteiger partial charge in [0, 0.05) is 25.0 Å². The van der Waals surface area contributed by atoms with Crippen LogP contribution in [-0.2, 0) is 10.2 Å². The predicted molar refractivity (Wildman–Crippen MR) is 125 cm³/mol. The highest BCUT2D eigenvalue weighted by molar-refractivity contribution is 6.21. The van der Waals surface area contributed by atoms with Crippen LogP contribution in [0.3, 0.4) is 0 Å². The molecule has 1 aliphatic heterocycles. The first-order chi connectivity index (χ1) is 14.6. The zero-order valence-electron chi connectivity index (χ0n) is 18.6. The third-order valence-corrected chi connectivity index (χ3v) is 8.40. The largest absolute Gasteiger partial charge is 0.349 e. The standard InChI is InChI=1S/C27H36N2O.H2/c1-3-22(4-2)28-26(30)24-17-27(25-8-6-5-7-23(24)25)11-13-29(14-12-27)18-21-16-19-9-10-20(21)15-19;/h5-10,17,19-22H,3-4,11-16,18H2,1-2H3,(H,28,30);1H. The van der Waals surface area contributed by atoms with Crippen LogP contribution in [0.5, 0.6) is 0 Å². The number of carbonyl (C=O) groups is 1. The highest BCUT2D eigenvalue weighted by Crippen LogP contribution is 2.48. The van der Waals surface area contributed by atoms with Crippen molar-refractivity contribution in [1.29, 1.82) is 0 Å². The number of hydrogen-bond donors (Lipinski definition) is 1. The lowest BCUT2D eigenvalue weighted by atomic mass is 9.74. The van der Waals surface area contributed by atoms with Gasteiger partial charge in [-0.05, 0) is 80.5 Å². The van der Waals surface area contributed by atoms with Gasteiger partial charge < -0.3 is 10.2 Å². The maximum absolute atomic E-state index is 13.1. The van der Waals surface area contributed by atoms with Crippen LogP contribution < -0.4 is 5.32 Å². The van der Waals surface area contributed by atoms with Crippen LogP contribution in [-0.4, -0.2) is 36.5 Å². The maximum atomic E-state index is 13.1. The van der Waals surface area contributed by atoms with Gasteiger partial charge in [-0.15, -0.1) is 0 Å². The summed E-state index contributed by atoms with van der Waals surface area (Å²) in [5, 5.41) is 3.27. The maximum Gasteiger partial charge on any atom is 0.251 e.